The van der Waals surface area contributed by atoms with Crippen LogP contribution in [-0.2, 0) is 43.9 Å². The van der Waals surface area contributed by atoms with Crippen molar-refractivity contribution in [3.05, 3.63) is 198 Å². The molecule has 1 N–H and O–H groups in total. The third-order valence-corrected chi connectivity index (χ3v) is 12.6. The third-order valence-electron chi connectivity index (χ3n) is 12.6. The van der Waals surface area contributed by atoms with E-state index in [1.165, 1.54) is 33.4 Å². The van der Waals surface area contributed by atoms with Crippen molar-refractivity contribution in [1.29, 1.82) is 0 Å². The molecular formula is C61H58N3OPt-. The first-order valence-electron chi connectivity index (χ1n) is 22.7. The minimum atomic E-state index is -0.308. The van der Waals surface area contributed by atoms with E-state index >= 15 is 0 Å². The van der Waals surface area contributed by atoms with Gasteiger partial charge in [0.05, 0.1) is 23.1 Å². The number of phenolic OH excluding ortho intramolecular Hbond substituents is 1. The molecule has 9 rings (SSSR count). The van der Waals surface area contributed by atoms with Crippen LogP contribution in [0.5, 0.6) is 5.75 Å². The number of rotatable bonds is 8. The number of phenols is 1. The van der Waals surface area contributed by atoms with Crippen molar-refractivity contribution in [3.63, 3.8) is 0 Å². The molecule has 0 aliphatic rings. The van der Waals surface area contributed by atoms with Gasteiger partial charge in [0.2, 0.25) is 0 Å². The quantitative estimate of drug-likeness (QED) is 0.154. The number of hydrogen-bond donors (Lipinski definition) is 1. The van der Waals surface area contributed by atoms with E-state index in [1.54, 1.807) is 0 Å². The van der Waals surface area contributed by atoms with Gasteiger partial charge in [-0.25, -0.2) is 4.98 Å². The number of imidazole rings is 1. The van der Waals surface area contributed by atoms with Crippen LogP contribution >= 0.6 is 0 Å². The molecule has 0 atom stereocenters. The molecule has 0 saturated heterocycles. The Morgan fingerprint density at radius 1 is 0.500 bits per heavy atom. The predicted octanol–water partition coefficient (Wildman–Crippen LogP) is 15.9. The van der Waals surface area contributed by atoms with Crippen LogP contribution in [0.3, 0.4) is 0 Å². The second-order valence-electron chi connectivity index (χ2n) is 20.5. The van der Waals surface area contributed by atoms with E-state index in [0.29, 0.717) is 6.54 Å². The number of hydrogen-bond acceptors (Lipinski definition) is 3. The zero-order chi connectivity index (χ0) is 45.7. The first-order chi connectivity index (χ1) is 31.0. The standard InChI is InChI=1S/C61H58N3O.Pt/c1-59(2,3)48-31-30-47(51(36-48)43-20-14-11-15-21-43)39-64-55-25-17-24-50(56(55)63-58(64)52-37-49(60(4,5)6)38-53(57(52)65)61(7,8)9)45-22-16-23-46(34-45)54-35-44(32-33-62-54)42-28-26-41(27-29-42)40-18-12-10-13-19-40;/h10-33,35-38,65H,39H2,1-9H3;/q-1;. The number of pyridine rings is 1. The minimum absolute atomic E-state index is 0. The summed E-state index contributed by atoms with van der Waals surface area (Å²) in [5.74, 6) is 0.994. The summed E-state index contributed by atoms with van der Waals surface area (Å²) in [4.78, 5) is 10.4. The number of benzene rings is 7. The average Bonchev–Trinajstić information content (AvgIpc) is 3.66. The monoisotopic (exact) mass is 1040 g/mol. The smallest absolute Gasteiger partial charge is 0.144 e. The van der Waals surface area contributed by atoms with Crippen molar-refractivity contribution >= 4 is 11.0 Å². The van der Waals surface area contributed by atoms with E-state index in [9.17, 15) is 5.11 Å². The molecule has 0 aliphatic heterocycles. The van der Waals surface area contributed by atoms with E-state index in [4.69, 9.17) is 9.97 Å². The average molecular weight is 1040 g/mol. The van der Waals surface area contributed by atoms with Crippen LogP contribution in [0.25, 0.3) is 78.2 Å². The normalized spacial score (nSPS) is 12.0. The minimum Gasteiger partial charge on any atom is -0.507 e. The zero-order valence-electron chi connectivity index (χ0n) is 39.5. The molecule has 0 saturated carbocycles. The molecule has 334 valence electrons. The van der Waals surface area contributed by atoms with Crippen LogP contribution < -0.4 is 0 Å². The molecule has 0 fully saturated rings. The molecule has 9 aromatic rings. The maximum absolute atomic E-state index is 12.4. The van der Waals surface area contributed by atoms with E-state index in [-0.39, 0.29) is 43.1 Å². The number of aromatic hydroxyl groups is 1. The Morgan fingerprint density at radius 3 is 1.74 bits per heavy atom. The molecule has 0 bridgehead atoms. The Labute approximate surface area is 405 Å². The van der Waals surface area contributed by atoms with Gasteiger partial charge >= 0.3 is 0 Å². The number of aromatic nitrogens is 3. The molecule has 2 heterocycles. The van der Waals surface area contributed by atoms with Crippen molar-refractivity contribution in [2.75, 3.05) is 0 Å². The van der Waals surface area contributed by atoms with E-state index in [1.807, 2.05) is 12.3 Å². The van der Waals surface area contributed by atoms with Crippen LogP contribution in [-0.4, -0.2) is 19.6 Å². The van der Waals surface area contributed by atoms with Gasteiger partial charge in [-0.15, -0.1) is 29.8 Å². The van der Waals surface area contributed by atoms with Gasteiger partial charge in [0.15, 0.2) is 0 Å². The Bertz CT molecular complexity index is 3160. The molecule has 0 aliphatic carbocycles. The Morgan fingerprint density at radius 2 is 1.09 bits per heavy atom. The molecule has 0 unspecified atom stereocenters. The maximum Gasteiger partial charge on any atom is 0.144 e. The Hall–Kier alpha value is -6.35. The summed E-state index contributed by atoms with van der Waals surface area (Å²) in [6, 6.07) is 61.7. The molecule has 7 aromatic carbocycles. The molecule has 2 aromatic heterocycles. The topological polar surface area (TPSA) is 50.9 Å². The van der Waals surface area contributed by atoms with Gasteiger partial charge in [0, 0.05) is 38.5 Å². The summed E-state index contributed by atoms with van der Waals surface area (Å²) >= 11 is 0. The van der Waals surface area contributed by atoms with Gasteiger partial charge in [-0.2, -0.15) is 0 Å². The predicted molar refractivity (Wildman–Crippen MR) is 272 cm³/mol. The van der Waals surface area contributed by atoms with Gasteiger partial charge < -0.3 is 9.67 Å². The second-order valence-corrected chi connectivity index (χ2v) is 20.5. The van der Waals surface area contributed by atoms with Crippen LogP contribution in [0.2, 0.25) is 0 Å². The number of nitrogens with zero attached hydrogens (tertiary/aromatic N) is 3. The number of para-hydroxylation sites is 1. The van der Waals surface area contributed by atoms with E-state index in [0.717, 1.165) is 67.1 Å². The fourth-order valence-electron chi connectivity index (χ4n) is 8.80. The van der Waals surface area contributed by atoms with Gasteiger partial charge in [0.25, 0.3) is 0 Å². The van der Waals surface area contributed by atoms with E-state index in [2.05, 4.69) is 231 Å². The molecule has 0 radical (unpaired) electrons. The van der Waals surface area contributed by atoms with Gasteiger partial charge in [0.1, 0.15) is 11.6 Å². The Kier molecular flexibility index (Phi) is 12.7. The second kappa shape index (κ2) is 18.1. The van der Waals surface area contributed by atoms with Crippen molar-refractivity contribution in [2.45, 2.75) is 85.1 Å². The van der Waals surface area contributed by atoms with Crippen molar-refractivity contribution < 1.29 is 26.2 Å². The summed E-state index contributed by atoms with van der Waals surface area (Å²) in [6.07, 6.45) is 1.88. The van der Waals surface area contributed by atoms with Crippen LogP contribution in [0.15, 0.2) is 170 Å². The number of fused-ring (bicyclic) bond motifs is 1. The van der Waals surface area contributed by atoms with Crippen LogP contribution in [0, 0.1) is 6.07 Å². The molecule has 4 nitrogen and oxygen atoms in total. The van der Waals surface area contributed by atoms with Gasteiger partial charge in [-0.05, 0) is 84.5 Å². The first-order valence-corrected chi connectivity index (χ1v) is 22.7. The van der Waals surface area contributed by atoms with Crippen LogP contribution in [0.1, 0.15) is 84.6 Å². The van der Waals surface area contributed by atoms with Gasteiger partial charge in [-0.3, -0.25) is 4.98 Å². The van der Waals surface area contributed by atoms with Crippen molar-refractivity contribution in [3.8, 4) is 72.9 Å². The third kappa shape index (κ3) is 9.35. The first kappa shape index (κ1) is 46.2. The van der Waals surface area contributed by atoms with Gasteiger partial charge in [-0.1, -0.05) is 201 Å². The Balaban J connectivity index is 0.00000592. The largest absolute Gasteiger partial charge is 0.507 e. The molecule has 5 heteroatoms. The summed E-state index contributed by atoms with van der Waals surface area (Å²) in [7, 11) is 0. The van der Waals surface area contributed by atoms with Crippen LogP contribution in [0.4, 0.5) is 0 Å². The van der Waals surface area contributed by atoms with Crippen molar-refractivity contribution in [1.82, 2.24) is 14.5 Å². The molecule has 66 heavy (non-hydrogen) atoms. The fourth-order valence-corrected chi connectivity index (χ4v) is 8.80. The maximum atomic E-state index is 12.4. The van der Waals surface area contributed by atoms with Crippen molar-refractivity contribution in [2.24, 2.45) is 0 Å². The fraction of sp³-hybridized carbons (Fsp3) is 0.213. The summed E-state index contributed by atoms with van der Waals surface area (Å²) in [6.45, 7) is 20.5. The van der Waals surface area contributed by atoms with E-state index < -0.39 is 0 Å². The molecule has 0 spiro atoms. The summed E-state index contributed by atoms with van der Waals surface area (Å²) < 4.78 is 2.31. The molecule has 0 amide bonds. The SMILES string of the molecule is CC(C)(C)c1ccc(Cn2c(-c3cc(C(C)(C)C)cc(C(C)(C)C)c3O)nc3c(-c4[c-]c(-c5cc(-c6ccc(-c7ccccc7)cc6)ccn5)ccc4)cccc32)c(-c2ccccc2)c1.[Pt]. The summed E-state index contributed by atoms with van der Waals surface area (Å²) in [5.41, 5.74) is 17.2. The summed E-state index contributed by atoms with van der Waals surface area (Å²) in [5, 5.41) is 12.4. The zero-order valence-corrected chi connectivity index (χ0v) is 41.8. The molecular weight excluding hydrogens is 986 g/mol.